The van der Waals surface area contributed by atoms with E-state index in [1.165, 1.54) is 17.4 Å². The zero-order chi connectivity index (χ0) is 24.2. The van der Waals surface area contributed by atoms with Gasteiger partial charge in [0.05, 0.1) is 15.8 Å². The molecule has 1 amide bonds. The number of aromatic nitrogens is 1. The third-order valence-electron chi connectivity index (χ3n) is 5.10. The number of carbonyl (C=O) groups excluding carboxylic acids is 1. The number of benzene rings is 3. The molecule has 0 fully saturated rings. The van der Waals surface area contributed by atoms with Gasteiger partial charge in [-0.05, 0) is 54.7 Å². The number of aromatic hydroxyl groups is 1. The number of fused-ring (bicyclic) bond motifs is 1. The van der Waals surface area contributed by atoms with Crippen LogP contribution >= 0.6 is 23.6 Å². The first-order chi connectivity index (χ1) is 17.0. The number of hydrogen-bond donors (Lipinski definition) is 3. The van der Waals surface area contributed by atoms with E-state index in [-0.39, 0.29) is 10.9 Å². The molecule has 172 valence electrons. The van der Waals surface area contributed by atoms with E-state index < -0.39 is 5.91 Å². The molecule has 5 aromatic rings. The highest BCUT2D eigenvalue weighted by Crippen LogP contribution is 2.36. The first kappa shape index (κ1) is 22.5. The molecule has 5 rings (SSSR count). The van der Waals surface area contributed by atoms with E-state index in [2.05, 4.69) is 15.6 Å². The van der Waals surface area contributed by atoms with Crippen molar-refractivity contribution >= 4 is 56.6 Å². The second-order valence-corrected chi connectivity index (χ2v) is 9.00. The van der Waals surface area contributed by atoms with Gasteiger partial charge in [0.25, 0.3) is 0 Å². The number of thiazole rings is 1. The minimum absolute atomic E-state index is 0.0649. The average Bonchev–Trinajstić information content (AvgIpc) is 3.50. The second-order valence-electron chi connectivity index (χ2n) is 7.56. The number of amides is 1. The highest BCUT2D eigenvalue weighted by atomic mass is 32.1. The number of rotatable bonds is 5. The van der Waals surface area contributed by atoms with Crippen LogP contribution in [0.1, 0.15) is 5.76 Å². The minimum Gasteiger partial charge on any atom is -0.507 e. The molecule has 3 N–H and O–H groups in total. The van der Waals surface area contributed by atoms with Gasteiger partial charge in [0.1, 0.15) is 22.3 Å². The number of hydrogen-bond acceptors (Lipinski definition) is 6. The largest absolute Gasteiger partial charge is 0.507 e. The van der Waals surface area contributed by atoms with Crippen LogP contribution in [0.15, 0.2) is 95.4 Å². The van der Waals surface area contributed by atoms with Crippen LogP contribution in [0.25, 0.3) is 38.2 Å². The number of phenolic OH excluding ortho intramolecular Hbond substituents is 1. The number of anilines is 1. The fourth-order valence-electron chi connectivity index (χ4n) is 3.45. The number of para-hydroxylation sites is 1. The number of furan rings is 1. The molecule has 35 heavy (non-hydrogen) atoms. The molecular weight excluding hydrogens is 478 g/mol. The van der Waals surface area contributed by atoms with Crippen LogP contribution in [-0.4, -0.2) is 21.1 Å². The molecule has 0 radical (unpaired) electrons. The van der Waals surface area contributed by atoms with Crippen molar-refractivity contribution in [3.05, 3.63) is 96.8 Å². The zero-order valence-corrected chi connectivity index (χ0v) is 19.9. The quantitative estimate of drug-likeness (QED) is 0.191. The van der Waals surface area contributed by atoms with Crippen LogP contribution < -0.4 is 10.6 Å². The lowest BCUT2D eigenvalue weighted by atomic mass is 10.2. The van der Waals surface area contributed by atoms with Crippen LogP contribution in [0.3, 0.4) is 0 Å². The monoisotopic (exact) mass is 497 g/mol. The summed E-state index contributed by atoms with van der Waals surface area (Å²) >= 11 is 6.74. The van der Waals surface area contributed by atoms with Crippen LogP contribution in [0.2, 0.25) is 0 Å². The summed E-state index contributed by atoms with van der Waals surface area (Å²) in [5, 5.41) is 16.9. The van der Waals surface area contributed by atoms with Gasteiger partial charge >= 0.3 is 0 Å². The van der Waals surface area contributed by atoms with Gasteiger partial charge < -0.3 is 14.8 Å². The van der Waals surface area contributed by atoms with Gasteiger partial charge in [-0.25, -0.2) is 4.98 Å². The summed E-state index contributed by atoms with van der Waals surface area (Å²) in [5.41, 5.74) is 3.01. The van der Waals surface area contributed by atoms with E-state index in [0.717, 1.165) is 26.5 Å². The van der Waals surface area contributed by atoms with Crippen molar-refractivity contribution in [3.63, 3.8) is 0 Å². The van der Waals surface area contributed by atoms with E-state index in [4.69, 9.17) is 16.6 Å². The highest BCUT2D eigenvalue weighted by molar-refractivity contribution is 7.80. The number of nitrogens with zero attached hydrogens (tertiary/aromatic N) is 1. The molecule has 0 bridgehead atoms. The van der Waals surface area contributed by atoms with Crippen molar-refractivity contribution in [3.8, 4) is 27.6 Å². The molecule has 0 saturated heterocycles. The SMILES string of the molecule is O=C(/C=C/c1ccc(-c2ccccc2)o1)NC(=S)Nc1ccc(-c2nc3ccccc3s2)c(O)c1. The Morgan fingerprint density at radius 3 is 2.60 bits per heavy atom. The van der Waals surface area contributed by atoms with Crippen molar-refractivity contribution in [2.45, 2.75) is 0 Å². The first-order valence-corrected chi connectivity index (χ1v) is 11.9. The number of thiocarbonyl (C=S) groups is 1. The Balaban J connectivity index is 1.19. The van der Waals surface area contributed by atoms with Crippen LogP contribution in [0.4, 0.5) is 5.69 Å². The molecule has 6 nitrogen and oxygen atoms in total. The molecule has 0 aliphatic carbocycles. The van der Waals surface area contributed by atoms with Gasteiger partial charge in [0, 0.05) is 23.4 Å². The standard InChI is InChI=1S/C27H19N3O3S2/c31-22-16-18(10-13-20(22)26-29-21-8-4-5-9-24(21)35-26)28-27(34)30-25(32)15-12-19-11-14-23(33-19)17-6-2-1-3-7-17/h1-16,31H,(H2,28,30,32,34)/b15-12+. The van der Waals surface area contributed by atoms with E-state index in [1.807, 2.05) is 60.7 Å². The van der Waals surface area contributed by atoms with Crippen LogP contribution in [-0.2, 0) is 4.79 Å². The Hall–Kier alpha value is -4.27. The topological polar surface area (TPSA) is 87.4 Å². The van der Waals surface area contributed by atoms with E-state index in [0.29, 0.717) is 17.0 Å². The lowest BCUT2D eigenvalue weighted by Gasteiger charge is -2.09. The predicted octanol–water partition coefficient (Wildman–Crippen LogP) is 6.46. The van der Waals surface area contributed by atoms with Gasteiger partial charge in [0.2, 0.25) is 5.91 Å². The third kappa shape index (κ3) is 5.29. The summed E-state index contributed by atoms with van der Waals surface area (Å²) in [7, 11) is 0. The van der Waals surface area contributed by atoms with Gasteiger partial charge in [-0.3, -0.25) is 10.1 Å². The molecule has 0 unspecified atom stereocenters. The summed E-state index contributed by atoms with van der Waals surface area (Å²) in [6.45, 7) is 0. The average molecular weight is 498 g/mol. The Bertz CT molecular complexity index is 1520. The molecule has 0 atom stereocenters. The van der Waals surface area contributed by atoms with Crippen molar-refractivity contribution in [1.82, 2.24) is 10.3 Å². The van der Waals surface area contributed by atoms with Gasteiger partial charge in [-0.2, -0.15) is 0 Å². The van der Waals surface area contributed by atoms with Crippen molar-refractivity contribution in [2.75, 3.05) is 5.32 Å². The smallest absolute Gasteiger partial charge is 0.250 e. The summed E-state index contributed by atoms with van der Waals surface area (Å²) < 4.78 is 6.80. The molecule has 2 heterocycles. The zero-order valence-electron chi connectivity index (χ0n) is 18.3. The molecule has 8 heteroatoms. The van der Waals surface area contributed by atoms with Gasteiger partial charge in [-0.15, -0.1) is 11.3 Å². The molecule has 0 aliphatic heterocycles. The first-order valence-electron chi connectivity index (χ1n) is 10.7. The Kier molecular flexibility index (Phi) is 6.38. The van der Waals surface area contributed by atoms with Crippen molar-refractivity contribution in [2.24, 2.45) is 0 Å². The van der Waals surface area contributed by atoms with E-state index in [9.17, 15) is 9.90 Å². The summed E-state index contributed by atoms with van der Waals surface area (Å²) in [6, 6.07) is 26.2. The summed E-state index contributed by atoms with van der Waals surface area (Å²) in [4.78, 5) is 16.8. The highest BCUT2D eigenvalue weighted by Gasteiger charge is 2.12. The van der Waals surface area contributed by atoms with Crippen LogP contribution in [0, 0.1) is 0 Å². The Morgan fingerprint density at radius 1 is 1.00 bits per heavy atom. The van der Waals surface area contributed by atoms with Crippen molar-refractivity contribution < 1.29 is 14.3 Å². The fourth-order valence-corrected chi connectivity index (χ4v) is 4.67. The Labute approximate surface area is 210 Å². The number of phenols is 1. The van der Waals surface area contributed by atoms with E-state index in [1.54, 1.807) is 30.3 Å². The molecular formula is C27H19N3O3S2. The maximum atomic E-state index is 12.3. The Morgan fingerprint density at radius 2 is 1.80 bits per heavy atom. The normalized spacial score (nSPS) is 11.1. The lowest BCUT2D eigenvalue weighted by molar-refractivity contribution is -0.115. The predicted molar refractivity (Wildman–Crippen MR) is 144 cm³/mol. The maximum absolute atomic E-state index is 12.3. The molecule has 0 aliphatic rings. The third-order valence-corrected chi connectivity index (χ3v) is 6.37. The maximum Gasteiger partial charge on any atom is 0.250 e. The second kappa shape index (κ2) is 9.92. The molecule has 0 spiro atoms. The molecule has 2 aromatic heterocycles. The summed E-state index contributed by atoms with van der Waals surface area (Å²) in [5.74, 6) is 0.927. The molecule has 0 saturated carbocycles. The molecule has 3 aromatic carbocycles. The fraction of sp³-hybridized carbons (Fsp3) is 0. The van der Waals surface area contributed by atoms with Gasteiger partial charge in [-0.1, -0.05) is 42.5 Å². The summed E-state index contributed by atoms with van der Waals surface area (Å²) in [6.07, 6.45) is 2.91. The number of nitrogens with one attached hydrogen (secondary N) is 2. The lowest BCUT2D eigenvalue weighted by Crippen LogP contribution is -2.32. The number of carbonyl (C=O) groups is 1. The van der Waals surface area contributed by atoms with Crippen molar-refractivity contribution in [1.29, 1.82) is 0 Å². The minimum atomic E-state index is -0.407. The van der Waals surface area contributed by atoms with Crippen LogP contribution in [0.5, 0.6) is 5.75 Å². The van der Waals surface area contributed by atoms with E-state index >= 15 is 0 Å². The van der Waals surface area contributed by atoms with Gasteiger partial charge in [0.15, 0.2) is 5.11 Å².